The molecule has 4 heteroatoms. The molecule has 1 aliphatic rings. The second kappa shape index (κ2) is 6.14. The average molecular weight is 246 g/mol. The summed E-state index contributed by atoms with van der Waals surface area (Å²) in [5.74, 6) is 0.196. The van der Waals surface area contributed by atoms with E-state index in [2.05, 4.69) is 20.8 Å². The van der Waals surface area contributed by atoms with Crippen LogP contribution in [0.2, 0.25) is 0 Å². The number of hydrogen-bond donors (Lipinski definition) is 2. The van der Waals surface area contributed by atoms with E-state index >= 15 is 0 Å². The van der Waals surface area contributed by atoms with Crippen molar-refractivity contribution in [2.75, 3.05) is 19.8 Å². The molecule has 4 nitrogen and oxygen atoms in total. The molecule has 0 bridgehead atoms. The smallest absolute Gasteiger partial charge is 0.0889 e. The van der Waals surface area contributed by atoms with Gasteiger partial charge in [0, 0.05) is 5.92 Å². The highest BCUT2D eigenvalue weighted by molar-refractivity contribution is 4.91. The van der Waals surface area contributed by atoms with Gasteiger partial charge in [-0.1, -0.05) is 20.8 Å². The number of rotatable bonds is 5. The van der Waals surface area contributed by atoms with Gasteiger partial charge in [-0.2, -0.15) is 0 Å². The molecule has 0 radical (unpaired) electrons. The van der Waals surface area contributed by atoms with Crippen molar-refractivity contribution >= 4 is 0 Å². The van der Waals surface area contributed by atoms with Gasteiger partial charge in [0.05, 0.1) is 38.1 Å². The topological polar surface area (TPSA) is 58.9 Å². The number of ether oxygens (including phenoxy) is 2. The van der Waals surface area contributed by atoms with Crippen LogP contribution in [-0.4, -0.2) is 48.3 Å². The number of hydrogen-bond acceptors (Lipinski definition) is 4. The van der Waals surface area contributed by atoms with E-state index in [1.54, 1.807) is 0 Å². The second-order valence-corrected chi connectivity index (χ2v) is 6.05. The fraction of sp³-hybridized carbons (Fsp3) is 1.00. The fourth-order valence-electron chi connectivity index (χ4n) is 2.59. The summed E-state index contributed by atoms with van der Waals surface area (Å²) in [6.45, 7) is 8.87. The van der Waals surface area contributed by atoms with Gasteiger partial charge >= 0.3 is 0 Å². The first-order valence-electron chi connectivity index (χ1n) is 6.38. The van der Waals surface area contributed by atoms with Crippen LogP contribution in [0.5, 0.6) is 0 Å². The largest absolute Gasteiger partial charge is 0.394 e. The lowest BCUT2D eigenvalue weighted by Crippen LogP contribution is -2.34. The molecule has 0 aromatic heterocycles. The van der Waals surface area contributed by atoms with Gasteiger partial charge < -0.3 is 19.7 Å². The van der Waals surface area contributed by atoms with Gasteiger partial charge in [0.1, 0.15) is 0 Å². The van der Waals surface area contributed by atoms with Crippen LogP contribution in [0.1, 0.15) is 34.1 Å². The molecule has 102 valence electrons. The third-order valence-corrected chi connectivity index (χ3v) is 3.18. The molecule has 1 aliphatic heterocycles. The van der Waals surface area contributed by atoms with E-state index < -0.39 is 0 Å². The van der Waals surface area contributed by atoms with Crippen LogP contribution in [-0.2, 0) is 9.47 Å². The van der Waals surface area contributed by atoms with E-state index in [0.29, 0.717) is 6.61 Å². The molecule has 0 aliphatic carbocycles. The first kappa shape index (κ1) is 14.9. The Morgan fingerprint density at radius 3 is 2.35 bits per heavy atom. The normalized spacial score (nSPS) is 34.2. The lowest BCUT2D eigenvalue weighted by Gasteiger charge is -2.29. The van der Waals surface area contributed by atoms with Gasteiger partial charge in [-0.3, -0.25) is 0 Å². The monoisotopic (exact) mass is 246 g/mol. The summed E-state index contributed by atoms with van der Waals surface area (Å²) in [7, 11) is 0. The van der Waals surface area contributed by atoms with Crippen molar-refractivity contribution in [3.05, 3.63) is 0 Å². The first-order chi connectivity index (χ1) is 7.89. The van der Waals surface area contributed by atoms with Crippen LogP contribution >= 0.6 is 0 Å². The van der Waals surface area contributed by atoms with Gasteiger partial charge in [0.15, 0.2) is 0 Å². The predicted molar refractivity (Wildman–Crippen MR) is 65.8 cm³/mol. The SMILES string of the molecule is C[C@@H]1O[C@H](CO)C(CC(C)(C)C)[C@@H]1OCCO. The molecule has 0 aromatic carbocycles. The summed E-state index contributed by atoms with van der Waals surface area (Å²) in [5, 5.41) is 18.2. The van der Waals surface area contributed by atoms with E-state index in [4.69, 9.17) is 14.6 Å². The minimum absolute atomic E-state index is 0.0222. The zero-order chi connectivity index (χ0) is 13.1. The Labute approximate surface area is 104 Å². The Hall–Kier alpha value is -0.160. The predicted octanol–water partition coefficient (Wildman–Crippen LogP) is 1.20. The lowest BCUT2D eigenvalue weighted by atomic mass is 9.80. The molecule has 17 heavy (non-hydrogen) atoms. The summed E-state index contributed by atoms with van der Waals surface area (Å²) in [6.07, 6.45) is 0.746. The third kappa shape index (κ3) is 4.21. The van der Waals surface area contributed by atoms with Crippen LogP contribution < -0.4 is 0 Å². The van der Waals surface area contributed by atoms with Crippen molar-refractivity contribution in [2.45, 2.75) is 52.4 Å². The van der Waals surface area contributed by atoms with Crippen molar-refractivity contribution in [1.82, 2.24) is 0 Å². The van der Waals surface area contributed by atoms with Crippen molar-refractivity contribution in [2.24, 2.45) is 11.3 Å². The van der Waals surface area contributed by atoms with Crippen LogP contribution in [0.15, 0.2) is 0 Å². The fourth-order valence-corrected chi connectivity index (χ4v) is 2.59. The van der Waals surface area contributed by atoms with Gasteiger partial charge in [-0.15, -0.1) is 0 Å². The number of aliphatic hydroxyl groups is 2. The first-order valence-corrected chi connectivity index (χ1v) is 6.38. The molecule has 0 saturated carbocycles. The van der Waals surface area contributed by atoms with Crippen LogP contribution in [0.3, 0.4) is 0 Å². The van der Waals surface area contributed by atoms with Crippen molar-refractivity contribution in [3.8, 4) is 0 Å². The maximum atomic E-state index is 9.36. The molecular formula is C13H26O4. The van der Waals surface area contributed by atoms with Crippen LogP contribution in [0.25, 0.3) is 0 Å². The Bertz CT molecular complexity index is 224. The minimum atomic E-state index is -0.145. The summed E-state index contributed by atoms with van der Waals surface area (Å²) < 4.78 is 11.4. The van der Waals surface area contributed by atoms with Crippen LogP contribution in [0, 0.1) is 11.3 Å². The molecule has 1 rings (SSSR count). The molecule has 1 heterocycles. The average Bonchev–Trinajstić information content (AvgIpc) is 2.50. The Balaban J connectivity index is 2.69. The van der Waals surface area contributed by atoms with Gasteiger partial charge in [-0.05, 0) is 18.8 Å². The molecule has 0 spiro atoms. The summed E-state index contributed by atoms with van der Waals surface area (Å²) in [4.78, 5) is 0. The lowest BCUT2D eigenvalue weighted by molar-refractivity contribution is -0.0319. The standard InChI is InChI=1S/C13H26O4/c1-9-12(16-6-5-14)10(7-13(2,3)4)11(8-15)17-9/h9-12,14-15H,5-8H2,1-4H3/t9-,10?,11+,12+/m0/s1. The van der Waals surface area contributed by atoms with Crippen molar-refractivity contribution in [3.63, 3.8) is 0 Å². The quantitative estimate of drug-likeness (QED) is 0.765. The van der Waals surface area contributed by atoms with Gasteiger partial charge in [0.2, 0.25) is 0 Å². The molecule has 0 aromatic rings. The molecule has 0 amide bonds. The molecule has 2 N–H and O–H groups in total. The van der Waals surface area contributed by atoms with Gasteiger partial charge in [-0.25, -0.2) is 0 Å². The molecule has 1 saturated heterocycles. The minimum Gasteiger partial charge on any atom is -0.394 e. The maximum absolute atomic E-state index is 9.36. The van der Waals surface area contributed by atoms with E-state index in [1.165, 1.54) is 0 Å². The summed E-state index contributed by atoms with van der Waals surface area (Å²) in [6, 6.07) is 0. The highest BCUT2D eigenvalue weighted by Crippen LogP contribution is 2.37. The zero-order valence-corrected chi connectivity index (χ0v) is 11.3. The summed E-state index contributed by atoms with van der Waals surface area (Å²) in [5.41, 5.74) is 0.173. The van der Waals surface area contributed by atoms with E-state index in [0.717, 1.165) is 6.42 Å². The Morgan fingerprint density at radius 2 is 1.88 bits per heavy atom. The zero-order valence-electron chi connectivity index (χ0n) is 11.3. The van der Waals surface area contributed by atoms with E-state index in [-0.39, 0.29) is 42.9 Å². The molecule has 1 unspecified atom stereocenters. The highest BCUT2D eigenvalue weighted by atomic mass is 16.6. The Kier molecular flexibility index (Phi) is 5.38. The summed E-state index contributed by atoms with van der Waals surface area (Å²) >= 11 is 0. The molecule has 1 fully saturated rings. The van der Waals surface area contributed by atoms with Crippen molar-refractivity contribution < 1.29 is 19.7 Å². The van der Waals surface area contributed by atoms with Crippen molar-refractivity contribution in [1.29, 1.82) is 0 Å². The second-order valence-electron chi connectivity index (χ2n) is 6.05. The third-order valence-electron chi connectivity index (χ3n) is 3.18. The Morgan fingerprint density at radius 1 is 1.24 bits per heavy atom. The number of aliphatic hydroxyl groups excluding tert-OH is 2. The highest BCUT2D eigenvalue weighted by Gasteiger charge is 2.44. The molecule has 4 atom stereocenters. The van der Waals surface area contributed by atoms with Gasteiger partial charge in [0.25, 0.3) is 0 Å². The van der Waals surface area contributed by atoms with E-state index in [1.807, 2.05) is 6.92 Å². The van der Waals surface area contributed by atoms with E-state index in [9.17, 15) is 5.11 Å². The van der Waals surface area contributed by atoms with Crippen LogP contribution in [0.4, 0.5) is 0 Å². The maximum Gasteiger partial charge on any atom is 0.0889 e. The molecular weight excluding hydrogens is 220 g/mol.